The van der Waals surface area contributed by atoms with Crippen LogP contribution >= 0.6 is 0 Å². The minimum Gasteiger partial charge on any atom is -0.493 e. The Bertz CT molecular complexity index is 571. The Labute approximate surface area is 116 Å². The number of rotatable bonds is 3. The fraction of sp³-hybridized carbons (Fsp3) is 0.429. The average Bonchev–Trinajstić information content (AvgIpc) is 3.04. The van der Waals surface area contributed by atoms with Crippen LogP contribution < -0.4 is 9.47 Å². The summed E-state index contributed by atoms with van der Waals surface area (Å²) in [5.74, 6) is 0.322. The van der Waals surface area contributed by atoms with Gasteiger partial charge in [0.15, 0.2) is 11.5 Å². The largest absolute Gasteiger partial charge is 0.493 e. The van der Waals surface area contributed by atoms with Crippen LogP contribution in [0.3, 0.4) is 0 Å². The highest BCUT2D eigenvalue weighted by Crippen LogP contribution is 2.35. The van der Waals surface area contributed by atoms with E-state index in [9.17, 15) is 9.59 Å². The number of morpholine rings is 1. The Morgan fingerprint density at radius 2 is 2.15 bits per heavy atom. The number of hydrogen-bond acceptors (Lipinski definition) is 5. The quantitative estimate of drug-likeness (QED) is 0.766. The first kappa shape index (κ1) is 12.8. The van der Waals surface area contributed by atoms with Crippen molar-refractivity contribution >= 4 is 11.9 Å². The second kappa shape index (κ2) is 4.70. The van der Waals surface area contributed by atoms with E-state index in [1.807, 2.05) is 0 Å². The van der Waals surface area contributed by atoms with E-state index in [1.54, 1.807) is 23.1 Å². The molecular weight excluding hydrogens is 262 g/mol. The van der Waals surface area contributed by atoms with Crippen molar-refractivity contribution < 1.29 is 23.8 Å². The summed E-state index contributed by atoms with van der Waals surface area (Å²) in [4.78, 5) is 25.7. The molecule has 1 aromatic rings. The number of amides is 1. The number of methoxy groups -OCH3 is 2. The summed E-state index contributed by atoms with van der Waals surface area (Å²) in [5, 5.41) is 0. The van der Waals surface area contributed by atoms with Crippen molar-refractivity contribution in [3.63, 3.8) is 0 Å². The monoisotopic (exact) mass is 277 g/mol. The van der Waals surface area contributed by atoms with Gasteiger partial charge in [-0.1, -0.05) is 6.07 Å². The number of ether oxygens (including phenoxy) is 3. The van der Waals surface area contributed by atoms with Crippen LogP contribution in [-0.2, 0) is 9.53 Å². The number of para-hydroxylation sites is 1. The Balaban J connectivity index is 1.94. The number of benzene rings is 1. The fourth-order valence-electron chi connectivity index (χ4n) is 2.78. The van der Waals surface area contributed by atoms with Gasteiger partial charge in [-0.15, -0.1) is 0 Å². The Hall–Kier alpha value is -2.24. The number of likely N-dealkylation sites (tertiary alicyclic amines) is 1. The van der Waals surface area contributed by atoms with Gasteiger partial charge in [-0.3, -0.25) is 4.79 Å². The molecule has 1 amide bonds. The lowest BCUT2D eigenvalue weighted by molar-refractivity contribution is -0.149. The van der Waals surface area contributed by atoms with Crippen LogP contribution in [0.2, 0.25) is 0 Å². The van der Waals surface area contributed by atoms with Gasteiger partial charge in [-0.05, 0) is 12.1 Å². The lowest BCUT2D eigenvalue weighted by atomic mass is 10.1. The van der Waals surface area contributed by atoms with Gasteiger partial charge in [-0.2, -0.15) is 0 Å². The standard InChI is InChI=1S/C14H15NO5/c1-18-11-5-3-4-9(12(11)19-2)13(16)15-7-8-6-10(15)14(17)20-8/h3-5,8,10H,6-7H2,1-2H3. The number of nitrogens with zero attached hydrogens (tertiary/aromatic N) is 1. The third-order valence-corrected chi connectivity index (χ3v) is 3.71. The molecule has 2 heterocycles. The van der Waals surface area contributed by atoms with Gasteiger partial charge in [0, 0.05) is 6.42 Å². The van der Waals surface area contributed by atoms with E-state index in [1.165, 1.54) is 14.2 Å². The lowest BCUT2D eigenvalue weighted by Crippen LogP contribution is -2.44. The zero-order valence-corrected chi connectivity index (χ0v) is 11.3. The van der Waals surface area contributed by atoms with Crippen molar-refractivity contribution in [2.75, 3.05) is 20.8 Å². The molecule has 106 valence electrons. The Kier molecular flexibility index (Phi) is 3.00. The van der Waals surface area contributed by atoms with Crippen molar-refractivity contribution in [1.29, 1.82) is 0 Å². The van der Waals surface area contributed by atoms with Crippen LogP contribution in [0.1, 0.15) is 16.8 Å². The summed E-state index contributed by atoms with van der Waals surface area (Å²) in [6.45, 7) is 0.440. The SMILES string of the molecule is COc1cccc(C(=O)N2CC3CC2C(=O)O3)c1OC. The molecule has 2 bridgehead atoms. The van der Waals surface area contributed by atoms with Gasteiger partial charge in [0.05, 0.1) is 26.3 Å². The molecule has 0 N–H and O–H groups in total. The van der Waals surface area contributed by atoms with E-state index >= 15 is 0 Å². The van der Waals surface area contributed by atoms with E-state index in [2.05, 4.69) is 0 Å². The Morgan fingerprint density at radius 1 is 1.35 bits per heavy atom. The van der Waals surface area contributed by atoms with Crippen LogP contribution in [0, 0.1) is 0 Å². The lowest BCUT2D eigenvalue weighted by Gasteiger charge is -2.26. The minimum absolute atomic E-state index is 0.173. The van der Waals surface area contributed by atoms with Crippen LogP contribution in [0.5, 0.6) is 11.5 Å². The number of hydrogen-bond donors (Lipinski definition) is 0. The number of esters is 1. The summed E-state index contributed by atoms with van der Waals surface area (Å²) in [6, 6.07) is 4.64. The fourth-order valence-corrected chi connectivity index (χ4v) is 2.78. The summed E-state index contributed by atoms with van der Waals surface area (Å²) in [5.41, 5.74) is 0.396. The van der Waals surface area contributed by atoms with Crippen molar-refractivity contribution in [3.8, 4) is 11.5 Å². The highest BCUT2D eigenvalue weighted by molar-refractivity contribution is 6.00. The van der Waals surface area contributed by atoms with E-state index in [0.29, 0.717) is 30.0 Å². The number of fused-ring (bicyclic) bond motifs is 2. The summed E-state index contributed by atoms with van der Waals surface area (Å²) in [6.07, 6.45) is 0.407. The molecule has 2 aliphatic rings. The molecule has 0 saturated carbocycles. The van der Waals surface area contributed by atoms with Gasteiger partial charge in [0.2, 0.25) is 0 Å². The molecule has 2 fully saturated rings. The summed E-state index contributed by atoms with van der Waals surface area (Å²) in [7, 11) is 3.00. The normalized spacial score (nSPS) is 23.7. The highest BCUT2D eigenvalue weighted by Gasteiger charge is 2.49. The van der Waals surface area contributed by atoms with Crippen molar-refractivity contribution in [2.24, 2.45) is 0 Å². The molecular formula is C14H15NO5. The summed E-state index contributed by atoms with van der Waals surface area (Å²) >= 11 is 0. The molecule has 6 heteroatoms. The van der Waals surface area contributed by atoms with Crippen LogP contribution in [0.25, 0.3) is 0 Å². The van der Waals surface area contributed by atoms with Crippen molar-refractivity contribution in [1.82, 2.24) is 4.90 Å². The maximum absolute atomic E-state index is 12.6. The molecule has 3 rings (SSSR count). The number of carbonyl (C=O) groups excluding carboxylic acids is 2. The summed E-state index contributed by atoms with van der Waals surface area (Å²) < 4.78 is 15.5. The Morgan fingerprint density at radius 3 is 2.75 bits per heavy atom. The minimum atomic E-state index is -0.469. The molecule has 2 aliphatic heterocycles. The van der Waals surface area contributed by atoms with Crippen LogP contribution in [0.4, 0.5) is 0 Å². The highest BCUT2D eigenvalue weighted by atomic mass is 16.6. The second-order valence-corrected chi connectivity index (χ2v) is 4.81. The van der Waals surface area contributed by atoms with Gasteiger partial charge in [0.25, 0.3) is 5.91 Å². The van der Waals surface area contributed by atoms with Gasteiger partial charge < -0.3 is 19.1 Å². The molecule has 2 atom stereocenters. The predicted octanol–water partition coefficient (Wildman–Crippen LogP) is 0.844. The average molecular weight is 277 g/mol. The van der Waals surface area contributed by atoms with Crippen LogP contribution in [0.15, 0.2) is 18.2 Å². The van der Waals surface area contributed by atoms with Gasteiger partial charge in [-0.25, -0.2) is 4.79 Å². The zero-order valence-electron chi connectivity index (χ0n) is 11.3. The molecule has 2 saturated heterocycles. The molecule has 0 aromatic heterocycles. The van der Waals surface area contributed by atoms with Gasteiger partial charge in [0.1, 0.15) is 12.1 Å². The van der Waals surface area contributed by atoms with Crippen molar-refractivity contribution in [2.45, 2.75) is 18.6 Å². The van der Waals surface area contributed by atoms with E-state index in [0.717, 1.165) is 0 Å². The molecule has 0 aliphatic carbocycles. The van der Waals surface area contributed by atoms with E-state index in [4.69, 9.17) is 14.2 Å². The zero-order chi connectivity index (χ0) is 14.3. The predicted molar refractivity (Wildman–Crippen MR) is 68.9 cm³/mol. The van der Waals surface area contributed by atoms with Crippen LogP contribution in [-0.4, -0.2) is 49.7 Å². The van der Waals surface area contributed by atoms with E-state index < -0.39 is 6.04 Å². The third kappa shape index (κ3) is 1.79. The smallest absolute Gasteiger partial charge is 0.329 e. The first-order valence-corrected chi connectivity index (χ1v) is 6.38. The molecule has 2 unspecified atom stereocenters. The van der Waals surface area contributed by atoms with Gasteiger partial charge >= 0.3 is 5.97 Å². The molecule has 6 nitrogen and oxygen atoms in total. The third-order valence-electron chi connectivity index (χ3n) is 3.71. The first-order valence-electron chi connectivity index (χ1n) is 6.38. The number of carbonyl (C=O) groups is 2. The molecule has 0 spiro atoms. The maximum atomic E-state index is 12.6. The molecule has 20 heavy (non-hydrogen) atoms. The second-order valence-electron chi connectivity index (χ2n) is 4.81. The van der Waals surface area contributed by atoms with E-state index in [-0.39, 0.29) is 18.0 Å². The molecule has 1 aromatic carbocycles. The first-order chi connectivity index (χ1) is 9.65. The van der Waals surface area contributed by atoms with Crippen molar-refractivity contribution in [3.05, 3.63) is 23.8 Å². The topological polar surface area (TPSA) is 65.1 Å². The maximum Gasteiger partial charge on any atom is 0.329 e. The molecule has 0 radical (unpaired) electrons.